The van der Waals surface area contributed by atoms with Crippen molar-refractivity contribution < 1.29 is 0 Å². The van der Waals surface area contributed by atoms with Crippen molar-refractivity contribution in [1.29, 1.82) is 0 Å². The van der Waals surface area contributed by atoms with Crippen LogP contribution in [0.4, 0.5) is 0 Å². The summed E-state index contributed by atoms with van der Waals surface area (Å²) in [5.74, 6) is 1.47. The van der Waals surface area contributed by atoms with Gasteiger partial charge in [-0.15, -0.1) is 0 Å². The van der Waals surface area contributed by atoms with Gasteiger partial charge in [-0.2, -0.15) is 0 Å². The predicted octanol–water partition coefficient (Wildman–Crippen LogP) is 3.20. The Morgan fingerprint density at radius 1 is 1.40 bits per heavy atom. The van der Waals surface area contributed by atoms with Crippen molar-refractivity contribution in [2.45, 2.75) is 32.6 Å². The standard InChI is InChI=1S/C10H17/c1-9-7-5-3-4-6-8-10(9)2/h3,5,9-10H,1,4,6-8H2,2H3/b5-3-. The number of allylic oxidation sites excluding steroid dienone is 2. The molecule has 0 saturated carbocycles. The third-order valence-electron chi connectivity index (χ3n) is 2.44. The monoisotopic (exact) mass is 137 g/mol. The van der Waals surface area contributed by atoms with E-state index in [9.17, 15) is 0 Å². The van der Waals surface area contributed by atoms with Gasteiger partial charge in [0.05, 0.1) is 0 Å². The van der Waals surface area contributed by atoms with Crippen molar-refractivity contribution >= 4 is 0 Å². The van der Waals surface area contributed by atoms with Crippen molar-refractivity contribution in [2.75, 3.05) is 0 Å². The highest BCUT2D eigenvalue weighted by atomic mass is 14.2. The van der Waals surface area contributed by atoms with Gasteiger partial charge in [0.2, 0.25) is 0 Å². The Morgan fingerprint density at radius 3 is 3.00 bits per heavy atom. The summed E-state index contributed by atoms with van der Waals surface area (Å²) < 4.78 is 0. The minimum atomic E-state index is 0.650. The summed E-state index contributed by atoms with van der Waals surface area (Å²) in [4.78, 5) is 0. The van der Waals surface area contributed by atoms with E-state index in [1.807, 2.05) is 0 Å². The van der Waals surface area contributed by atoms with E-state index >= 15 is 0 Å². The van der Waals surface area contributed by atoms with Gasteiger partial charge in [0, 0.05) is 0 Å². The van der Waals surface area contributed by atoms with E-state index in [1.54, 1.807) is 0 Å². The van der Waals surface area contributed by atoms with Crippen LogP contribution in [0.1, 0.15) is 32.6 Å². The van der Waals surface area contributed by atoms with E-state index in [2.05, 4.69) is 26.0 Å². The maximum absolute atomic E-state index is 4.13. The van der Waals surface area contributed by atoms with Crippen molar-refractivity contribution in [3.8, 4) is 0 Å². The molecule has 0 N–H and O–H groups in total. The molecule has 0 aromatic heterocycles. The fourth-order valence-electron chi connectivity index (χ4n) is 1.41. The summed E-state index contributed by atoms with van der Waals surface area (Å²) in [7, 11) is 0. The van der Waals surface area contributed by atoms with Gasteiger partial charge < -0.3 is 0 Å². The molecule has 2 unspecified atom stereocenters. The second-order valence-electron chi connectivity index (χ2n) is 3.38. The first-order chi connectivity index (χ1) is 4.80. The Morgan fingerprint density at radius 2 is 2.20 bits per heavy atom. The third kappa shape index (κ3) is 2.17. The van der Waals surface area contributed by atoms with Crippen LogP contribution in [0, 0.1) is 18.8 Å². The fraction of sp³-hybridized carbons (Fsp3) is 0.700. The zero-order valence-corrected chi connectivity index (χ0v) is 6.84. The molecule has 1 rings (SSSR count). The highest BCUT2D eigenvalue weighted by Crippen LogP contribution is 2.23. The van der Waals surface area contributed by atoms with Crippen molar-refractivity contribution in [1.82, 2.24) is 0 Å². The molecule has 2 atom stereocenters. The average molecular weight is 137 g/mol. The van der Waals surface area contributed by atoms with Crippen LogP contribution in [-0.4, -0.2) is 0 Å². The second kappa shape index (κ2) is 3.80. The van der Waals surface area contributed by atoms with E-state index in [-0.39, 0.29) is 0 Å². The molecule has 57 valence electrons. The lowest BCUT2D eigenvalue weighted by atomic mass is 9.87. The summed E-state index contributed by atoms with van der Waals surface area (Å²) in [5, 5.41) is 0. The van der Waals surface area contributed by atoms with Gasteiger partial charge in [-0.1, -0.05) is 25.5 Å². The summed E-state index contributed by atoms with van der Waals surface area (Å²) in [6.07, 6.45) is 9.75. The van der Waals surface area contributed by atoms with Crippen molar-refractivity contribution in [3.05, 3.63) is 19.1 Å². The van der Waals surface area contributed by atoms with Crippen LogP contribution in [-0.2, 0) is 0 Å². The molecule has 0 aromatic carbocycles. The Bertz CT molecular complexity index is 113. The zero-order valence-electron chi connectivity index (χ0n) is 6.84. The predicted molar refractivity (Wildman–Crippen MR) is 45.6 cm³/mol. The molecule has 0 nitrogen and oxygen atoms in total. The Balaban J connectivity index is 2.41. The van der Waals surface area contributed by atoms with E-state index in [0.29, 0.717) is 5.92 Å². The molecule has 0 heteroatoms. The smallest absolute Gasteiger partial charge is 0.0320 e. The molecule has 10 heavy (non-hydrogen) atoms. The van der Waals surface area contributed by atoms with E-state index < -0.39 is 0 Å². The second-order valence-corrected chi connectivity index (χ2v) is 3.38. The summed E-state index contributed by atoms with van der Waals surface area (Å²) in [6, 6.07) is 0. The molecular formula is C10H17. The van der Waals surface area contributed by atoms with Crippen LogP contribution < -0.4 is 0 Å². The maximum Gasteiger partial charge on any atom is -0.0320 e. The van der Waals surface area contributed by atoms with Crippen LogP contribution in [0.2, 0.25) is 0 Å². The largest absolute Gasteiger partial charge is 0.0885 e. The molecule has 0 amide bonds. The minimum absolute atomic E-state index is 0.650. The lowest BCUT2D eigenvalue weighted by molar-refractivity contribution is 0.386. The van der Waals surface area contributed by atoms with Crippen LogP contribution in [0.15, 0.2) is 12.2 Å². The maximum atomic E-state index is 4.13. The van der Waals surface area contributed by atoms with Gasteiger partial charge in [0.25, 0.3) is 0 Å². The highest BCUT2D eigenvalue weighted by Gasteiger charge is 2.11. The highest BCUT2D eigenvalue weighted by molar-refractivity contribution is 4.88. The fourth-order valence-corrected chi connectivity index (χ4v) is 1.41. The van der Waals surface area contributed by atoms with Crippen LogP contribution >= 0.6 is 0 Å². The van der Waals surface area contributed by atoms with Crippen molar-refractivity contribution in [2.24, 2.45) is 11.8 Å². The minimum Gasteiger partial charge on any atom is -0.0885 e. The zero-order chi connectivity index (χ0) is 7.40. The summed E-state index contributed by atoms with van der Waals surface area (Å²) in [5.41, 5.74) is 0. The normalized spacial score (nSPS) is 38.2. The molecule has 0 bridgehead atoms. The molecule has 1 aliphatic carbocycles. The first kappa shape index (κ1) is 7.84. The molecule has 0 aromatic rings. The van der Waals surface area contributed by atoms with E-state index in [1.165, 1.54) is 25.7 Å². The van der Waals surface area contributed by atoms with Crippen LogP contribution in [0.3, 0.4) is 0 Å². The number of hydrogen-bond acceptors (Lipinski definition) is 0. The molecule has 1 aliphatic rings. The average Bonchev–Trinajstić information content (AvgIpc) is 1.92. The number of rotatable bonds is 0. The molecule has 0 spiro atoms. The van der Waals surface area contributed by atoms with Crippen LogP contribution in [0.25, 0.3) is 0 Å². The summed E-state index contributed by atoms with van der Waals surface area (Å²) in [6.45, 7) is 6.45. The van der Waals surface area contributed by atoms with Gasteiger partial charge >= 0.3 is 0 Å². The van der Waals surface area contributed by atoms with Gasteiger partial charge in [-0.3, -0.25) is 0 Å². The van der Waals surface area contributed by atoms with Gasteiger partial charge in [0.15, 0.2) is 0 Å². The van der Waals surface area contributed by atoms with Gasteiger partial charge in [-0.25, -0.2) is 0 Å². The third-order valence-corrected chi connectivity index (χ3v) is 2.44. The number of hydrogen-bond donors (Lipinski definition) is 0. The first-order valence-corrected chi connectivity index (χ1v) is 4.29. The van der Waals surface area contributed by atoms with Crippen LogP contribution in [0.5, 0.6) is 0 Å². The molecule has 1 radical (unpaired) electrons. The summed E-state index contributed by atoms with van der Waals surface area (Å²) >= 11 is 0. The quantitative estimate of drug-likeness (QED) is 0.450. The van der Waals surface area contributed by atoms with Crippen molar-refractivity contribution in [3.63, 3.8) is 0 Å². The Labute approximate surface area is 64.3 Å². The first-order valence-electron chi connectivity index (χ1n) is 4.29. The Kier molecular flexibility index (Phi) is 2.98. The lowest BCUT2D eigenvalue weighted by Gasteiger charge is -2.19. The molecular weight excluding hydrogens is 120 g/mol. The van der Waals surface area contributed by atoms with E-state index in [0.717, 1.165) is 5.92 Å². The topological polar surface area (TPSA) is 0 Å². The van der Waals surface area contributed by atoms with E-state index in [4.69, 9.17) is 0 Å². The van der Waals surface area contributed by atoms with Gasteiger partial charge in [-0.05, 0) is 38.0 Å². The molecule has 0 heterocycles. The SMILES string of the molecule is [CH2]C1C/C=C\CCCC1C. The van der Waals surface area contributed by atoms with Gasteiger partial charge in [0.1, 0.15) is 0 Å². The Hall–Kier alpha value is -0.260. The molecule has 0 aliphatic heterocycles. The molecule has 0 saturated heterocycles. The molecule has 0 fully saturated rings. The lowest BCUT2D eigenvalue weighted by Crippen LogP contribution is -2.08.